The number of hydrogen-bond donors (Lipinski definition) is 5. The van der Waals surface area contributed by atoms with Crippen molar-refractivity contribution >= 4 is 46.7 Å². The molecule has 75 heavy (non-hydrogen) atoms. The van der Waals surface area contributed by atoms with E-state index in [4.69, 9.17) is 38.7 Å². The Bertz CT molecular complexity index is 2330. The molecule has 3 aliphatic heterocycles. The van der Waals surface area contributed by atoms with Crippen LogP contribution in [0.25, 0.3) is 0 Å². The molecular weight excluding hydrogens is 1020 g/mol. The molecule has 3 aromatic rings. The van der Waals surface area contributed by atoms with Crippen molar-refractivity contribution in [1.82, 2.24) is 25.0 Å². The van der Waals surface area contributed by atoms with Gasteiger partial charge in [-0.1, -0.05) is 51.3 Å². The van der Waals surface area contributed by atoms with Crippen LogP contribution in [0, 0.1) is 0 Å². The van der Waals surface area contributed by atoms with Crippen LogP contribution in [0.4, 0.5) is 32.0 Å². The zero-order chi connectivity index (χ0) is 54.8. The second-order valence-corrected chi connectivity index (χ2v) is 19.6. The molecule has 3 amide bonds. The number of aromatic nitrogens is 1. The number of phenols is 1. The first-order valence-electron chi connectivity index (χ1n) is 24.8. The highest BCUT2D eigenvalue weighted by Crippen LogP contribution is 2.39. The van der Waals surface area contributed by atoms with E-state index in [0.29, 0.717) is 95.0 Å². The standard InChI is InChI=1S/C46H64N6O8S.2C2HF3O2/c1-33(2)44-48-38(31-61-44)45(56)51-24-28-60-46(32-51)16-20-50(21-17-46)23-27-58-37-10-6-7-34(29-37)14-25-57-26-15-41(55)52(36-8-4-3-5-9-36)22-19-47-18-13-35-11-12-39(53)42-43(35)59-30-40(54)49-42;2*3-2(4,5)1(6)7/h6-7,10-12,29,31,33,36,47,53H,3-5,8-9,13-28,30,32H2,1-2H3,(H,49,54);2*(H,6,7). The summed E-state index contributed by atoms with van der Waals surface area (Å²) in [4.78, 5) is 67.3. The van der Waals surface area contributed by atoms with Crippen molar-refractivity contribution in [2.45, 2.75) is 108 Å². The predicted molar refractivity (Wildman–Crippen MR) is 262 cm³/mol. The number of halogens is 6. The molecule has 4 heterocycles. The van der Waals surface area contributed by atoms with Crippen molar-refractivity contribution in [3.63, 3.8) is 0 Å². The Morgan fingerprint density at radius 2 is 1.64 bits per heavy atom. The van der Waals surface area contributed by atoms with Crippen molar-refractivity contribution in [1.29, 1.82) is 0 Å². The van der Waals surface area contributed by atoms with Gasteiger partial charge in [0.1, 0.15) is 29.5 Å². The Hall–Kier alpha value is -5.76. The minimum atomic E-state index is -5.08. The first kappa shape index (κ1) is 60.1. The molecule has 3 fully saturated rings. The van der Waals surface area contributed by atoms with Crippen LogP contribution >= 0.6 is 11.3 Å². The molecule has 1 saturated carbocycles. The number of fused-ring (bicyclic) bond motifs is 1. The number of alkyl halides is 6. The Kier molecular flexibility index (Phi) is 22.8. The Morgan fingerprint density at radius 1 is 0.947 bits per heavy atom. The van der Waals surface area contributed by atoms with Crippen molar-refractivity contribution in [3.8, 4) is 17.2 Å². The summed E-state index contributed by atoms with van der Waals surface area (Å²) in [6, 6.07) is 11.8. The Morgan fingerprint density at radius 3 is 2.29 bits per heavy atom. The van der Waals surface area contributed by atoms with Crippen LogP contribution in [0.1, 0.15) is 97.8 Å². The second kappa shape index (κ2) is 28.4. The summed E-state index contributed by atoms with van der Waals surface area (Å²) in [5.74, 6) is -3.98. The number of amides is 3. The van der Waals surface area contributed by atoms with Crippen LogP contribution in [0.15, 0.2) is 41.8 Å². The topological polar surface area (TPSA) is 230 Å². The fraction of sp³-hybridized carbons (Fsp3) is 0.600. The summed E-state index contributed by atoms with van der Waals surface area (Å²) >= 11 is 1.56. The average Bonchev–Trinajstić information content (AvgIpc) is 3.88. The number of likely N-dealkylation sites (tertiary alicyclic amines) is 1. The molecule has 416 valence electrons. The molecule has 7 rings (SSSR count). The van der Waals surface area contributed by atoms with E-state index in [1.165, 1.54) is 6.42 Å². The number of carbonyl (C=O) groups excluding carboxylic acids is 3. The van der Waals surface area contributed by atoms with Gasteiger partial charge in [-0.15, -0.1) is 11.3 Å². The maximum absolute atomic E-state index is 13.5. The number of aliphatic carboxylic acids is 2. The summed E-state index contributed by atoms with van der Waals surface area (Å²) in [6.45, 7) is 12.0. The first-order chi connectivity index (χ1) is 35.5. The molecular formula is C50H66F6N6O12S. The van der Waals surface area contributed by atoms with Crippen LogP contribution in [0.5, 0.6) is 17.2 Å². The van der Waals surface area contributed by atoms with E-state index in [1.807, 2.05) is 28.5 Å². The Labute approximate surface area is 434 Å². The molecule has 1 aromatic heterocycles. The molecule has 5 N–H and O–H groups in total. The number of hydrogen-bond acceptors (Lipinski definition) is 14. The predicted octanol–water partition coefficient (Wildman–Crippen LogP) is 6.90. The molecule has 2 aromatic carbocycles. The molecule has 0 radical (unpaired) electrons. The number of nitrogens with zero attached hydrogens (tertiary/aromatic N) is 4. The lowest BCUT2D eigenvalue weighted by molar-refractivity contribution is -0.193. The fourth-order valence-corrected chi connectivity index (χ4v) is 9.67. The highest BCUT2D eigenvalue weighted by atomic mass is 32.1. The van der Waals surface area contributed by atoms with Gasteiger partial charge in [-0.3, -0.25) is 19.3 Å². The van der Waals surface area contributed by atoms with E-state index >= 15 is 0 Å². The minimum Gasteiger partial charge on any atom is -0.506 e. The quantitative estimate of drug-likeness (QED) is 0.0467. The van der Waals surface area contributed by atoms with Gasteiger partial charge in [-0.05, 0) is 74.4 Å². The van der Waals surface area contributed by atoms with Crippen molar-refractivity contribution in [2.75, 3.05) is 90.7 Å². The lowest BCUT2D eigenvalue weighted by atomic mass is 9.89. The number of aromatic hydroxyl groups is 1. The molecule has 1 aliphatic carbocycles. The summed E-state index contributed by atoms with van der Waals surface area (Å²) in [5.41, 5.74) is 2.63. The van der Waals surface area contributed by atoms with Crippen LogP contribution in [0.3, 0.4) is 0 Å². The molecule has 1 spiro atoms. The highest BCUT2D eigenvalue weighted by Gasteiger charge is 2.42. The number of rotatable bonds is 19. The normalized spacial score (nSPS) is 16.9. The van der Waals surface area contributed by atoms with Crippen molar-refractivity contribution < 1.29 is 84.6 Å². The summed E-state index contributed by atoms with van der Waals surface area (Å²) < 4.78 is 87.6. The Balaban J connectivity index is 0.000000653. The molecule has 0 bridgehead atoms. The molecule has 0 unspecified atom stereocenters. The number of nitrogens with one attached hydrogen (secondary N) is 2. The number of phenolic OH excluding ortho intramolecular Hbond substituents is 1. The van der Waals surface area contributed by atoms with Crippen LogP contribution in [-0.2, 0) is 41.5 Å². The zero-order valence-electron chi connectivity index (χ0n) is 41.9. The summed E-state index contributed by atoms with van der Waals surface area (Å²) in [7, 11) is 0. The van der Waals surface area contributed by atoms with Gasteiger partial charge >= 0.3 is 24.3 Å². The number of morpholine rings is 1. The monoisotopic (exact) mass is 1090 g/mol. The first-order valence-corrected chi connectivity index (χ1v) is 25.7. The third kappa shape index (κ3) is 19.1. The number of carbonyl (C=O) groups is 5. The fourth-order valence-electron chi connectivity index (χ4n) is 8.86. The van der Waals surface area contributed by atoms with Crippen molar-refractivity contribution in [2.24, 2.45) is 0 Å². The highest BCUT2D eigenvalue weighted by molar-refractivity contribution is 7.09. The van der Waals surface area contributed by atoms with Gasteiger partial charge < -0.3 is 54.7 Å². The van der Waals surface area contributed by atoms with Gasteiger partial charge in [-0.2, -0.15) is 26.3 Å². The van der Waals surface area contributed by atoms with Crippen LogP contribution < -0.4 is 20.1 Å². The lowest BCUT2D eigenvalue weighted by Crippen LogP contribution is -2.58. The van der Waals surface area contributed by atoms with Gasteiger partial charge in [0, 0.05) is 56.6 Å². The summed E-state index contributed by atoms with van der Waals surface area (Å²) in [5, 5.41) is 33.5. The number of anilines is 1. The molecule has 25 heteroatoms. The lowest BCUT2D eigenvalue weighted by Gasteiger charge is -2.47. The number of carboxylic acids is 2. The molecule has 2 saturated heterocycles. The van der Waals surface area contributed by atoms with Crippen molar-refractivity contribution in [3.05, 3.63) is 63.6 Å². The SMILES string of the molecule is CC(C)c1nc(C(=O)N2CCOC3(CCN(CCOc4cccc(CCOCCC(=O)N(CCNCCc5ccc(O)c6c5OCC(=O)N6)C5CCCCC5)c4)CC3)C2)cs1.O=C(O)C(F)(F)F.O=C(O)C(F)(F)F. The third-order valence-electron chi connectivity index (χ3n) is 12.9. The number of thiazole rings is 1. The van der Waals surface area contributed by atoms with Gasteiger partial charge in [0.15, 0.2) is 12.4 Å². The van der Waals surface area contributed by atoms with E-state index < -0.39 is 24.3 Å². The van der Waals surface area contributed by atoms with E-state index in [1.54, 1.807) is 17.4 Å². The minimum absolute atomic E-state index is 0.00720. The smallest absolute Gasteiger partial charge is 0.490 e. The number of piperidine rings is 1. The summed E-state index contributed by atoms with van der Waals surface area (Å²) in [6.07, 6.45) is -1.05. The van der Waals surface area contributed by atoms with E-state index in [0.717, 1.165) is 86.5 Å². The van der Waals surface area contributed by atoms with E-state index in [2.05, 4.69) is 51.4 Å². The van der Waals surface area contributed by atoms with Crippen LogP contribution in [-0.4, -0.2) is 174 Å². The number of ether oxygens (including phenoxy) is 4. The third-order valence-corrected chi connectivity index (χ3v) is 14.0. The van der Waals surface area contributed by atoms with Crippen LogP contribution in [0.2, 0.25) is 0 Å². The second-order valence-electron chi connectivity index (χ2n) is 18.7. The van der Waals surface area contributed by atoms with Gasteiger partial charge in [0.05, 0.1) is 43.4 Å². The number of carboxylic acid groups (broad SMARTS) is 2. The van der Waals surface area contributed by atoms with Gasteiger partial charge in [0.25, 0.3) is 11.8 Å². The zero-order valence-corrected chi connectivity index (χ0v) is 42.8. The average molecular weight is 1090 g/mol. The molecule has 0 atom stereocenters. The maximum Gasteiger partial charge on any atom is 0.490 e. The largest absolute Gasteiger partial charge is 0.506 e. The molecule has 4 aliphatic rings. The van der Waals surface area contributed by atoms with E-state index in [-0.39, 0.29) is 41.7 Å². The van der Waals surface area contributed by atoms with Gasteiger partial charge in [0.2, 0.25) is 5.91 Å². The number of benzene rings is 2. The maximum atomic E-state index is 13.5. The van der Waals surface area contributed by atoms with Gasteiger partial charge in [-0.25, -0.2) is 14.6 Å². The molecule has 18 nitrogen and oxygen atoms in total. The van der Waals surface area contributed by atoms with E-state index in [9.17, 15) is 45.8 Å².